The highest BCUT2D eigenvalue weighted by Crippen LogP contribution is 2.30. The number of aromatic nitrogens is 2. The predicted octanol–water partition coefficient (Wildman–Crippen LogP) is 2.85. The Hall–Kier alpha value is -3.09. The highest BCUT2D eigenvalue weighted by Gasteiger charge is 2.17. The molecule has 2 heterocycles. The number of hydrogen-bond acceptors (Lipinski definition) is 6. The largest absolute Gasteiger partial charge is 0.497 e. The Morgan fingerprint density at radius 2 is 1.88 bits per heavy atom. The molecule has 0 bridgehead atoms. The fraction of sp³-hybridized carbons (Fsp3) is 0.316. The van der Waals surface area contributed by atoms with Crippen molar-refractivity contribution in [3.63, 3.8) is 0 Å². The first-order chi connectivity index (χ1) is 12.5. The Bertz CT molecular complexity index is 932. The Morgan fingerprint density at radius 1 is 1.15 bits per heavy atom. The molecule has 0 aliphatic rings. The summed E-state index contributed by atoms with van der Waals surface area (Å²) in [4.78, 5) is 20.7. The molecule has 0 aliphatic carbocycles. The van der Waals surface area contributed by atoms with Crippen LogP contribution in [-0.4, -0.2) is 29.6 Å². The maximum atomic E-state index is 12.1. The second kappa shape index (κ2) is 7.43. The number of furan rings is 1. The van der Waals surface area contributed by atoms with E-state index < -0.39 is 0 Å². The lowest BCUT2D eigenvalue weighted by atomic mass is 10.2. The van der Waals surface area contributed by atoms with Gasteiger partial charge < -0.3 is 19.2 Å². The third kappa shape index (κ3) is 3.77. The van der Waals surface area contributed by atoms with Gasteiger partial charge >= 0.3 is 0 Å². The molecule has 0 atom stereocenters. The van der Waals surface area contributed by atoms with Crippen LogP contribution in [0.1, 0.15) is 22.7 Å². The molecule has 0 radical (unpaired) electrons. The molecule has 26 heavy (non-hydrogen) atoms. The lowest BCUT2D eigenvalue weighted by molar-refractivity contribution is -0.123. The van der Waals surface area contributed by atoms with Gasteiger partial charge in [-0.25, -0.2) is 0 Å². The van der Waals surface area contributed by atoms with E-state index in [0.717, 1.165) is 22.6 Å². The summed E-state index contributed by atoms with van der Waals surface area (Å²) < 4.78 is 16.4. The number of carbonyl (C=O) groups excluding carboxylic acids is 1. The molecule has 7 heteroatoms. The van der Waals surface area contributed by atoms with E-state index in [-0.39, 0.29) is 12.5 Å². The van der Waals surface area contributed by atoms with Gasteiger partial charge in [0.2, 0.25) is 11.6 Å². The number of amides is 1. The zero-order valence-corrected chi connectivity index (χ0v) is 15.3. The summed E-state index contributed by atoms with van der Waals surface area (Å²) >= 11 is 0. The first kappa shape index (κ1) is 17.7. The van der Waals surface area contributed by atoms with Crippen LogP contribution in [0.2, 0.25) is 0 Å². The summed E-state index contributed by atoms with van der Waals surface area (Å²) in [6.07, 6.45) is 0. The minimum absolute atomic E-state index is 0.134. The molecule has 0 saturated carbocycles. The molecule has 1 amide bonds. The normalized spacial score (nSPS) is 10.8. The van der Waals surface area contributed by atoms with Crippen molar-refractivity contribution in [2.45, 2.75) is 27.3 Å². The van der Waals surface area contributed by atoms with Gasteiger partial charge in [-0.1, -0.05) is 12.1 Å². The predicted molar refractivity (Wildman–Crippen MR) is 96.4 cm³/mol. The highest BCUT2D eigenvalue weighted by molar-refractivity contribution is 5.84. The SMILES string of the molecule is COc1ccc(CNC(=O)COc2nc(C)nc3oc(C)c(C)c23)cc1. The summed E-state index contributed by atoms with van der Waals surface area (Å²) in [6, 6.07) is 7.49. The molecule has 3 aromatic rings. The van der Waals surface area contributed by atoms with Crippen molar-refractivity contribution in [3.05, 3.63) is 47.0 Å². The first-order valence-corrected chi connectivity index (χ1v) is 8.24. The van der Waals surface area contributed by atoms with Crippen LogP contribution < -0.4 is 14.8 Å². The van der Waals surface area contributed by atoms with Gasteiger partial charge in [-0.2, -0.15) is 9.97 Å². The number of ether oxygens (including phenoxy) is 2. The summed E-state index contributed by atoms with van der Waals surface area (Å²) in [6.45, 7) is 5.80. The molecule has 0 spiro atoms. The second-order valence-electron chi connectivity index (χ2n) is 5.95. The van der Waals surface area contributed by atoms with Crippen LogP contribution in [0.3, 0.4) is 0 Å². The van der Waals surface area contributed by atoms with Gasteiger partial charge in [0.15, 0.2) is 6.61 Å². The maximum Gasteiger partial charge on any atom is 0.258 e. The molecule has 3 rings (SSSR count). The van der Waals surface area contributed by atoms with Crippen molar-refractivity contribution in [2.75, 3.05) is 13.7 Å². The van der Waals surface area contributed by atoms with Crippen molar-refractivity contribution < 1.29 is 18.7 Å². The minimum atomic E-state index is -0.233. The maximum absolute atomic E-state index is 12.1. The van der Waals surface area contributed by atoms with Crippen molar-refractivity contribution >= 4 is 17.0 Å². The van der Waals surface area contributed by atoms with Crippen molar-refractivity contribution in [1.29, 1.82) is 0 Å². The van der Waals surface area contributed by atoms with Crippen LogP contribution in [0.4, 0.5) is 0 Å². The van der Waals surface area contributed by atoms with Crippen molar-refractivity contribution in [2.24, 2.45) is 0 Å². The molecular weight excluding hydrogens is 334 g/mol. The summed E-state index contributed by atoms with van der Waals surface area (Å²) in [5.41, 5.74) is 2.36. The molecular formula is C19H21N3O4. The molecule has 136 valence electrons. The lowest BCUT2D eigenvalue weighted by Crippen LogP contribution is -2.28. The van der Waals surface area contributed by atoms with E-state index in [1.165, 1.54) is 0 Å². The van der Waals surface area contributed by atoms with Gasteiger partial charge in [0.05, 0.1) is 7.11 Å². The molecule has 0 saturated heterocycles. The molecule has 0 unspecified atom stereocenters. The number of nitrogens with zero attached hydrogens (tertiary/aromatic N) is 2. The summed E-state index contributed by atoms with van der Waals surface area (Å²) in [5, 5.41) is 3.52. The number of nitrogens with one attached hydrogen (secondary N) is 1. The zero-order valence-electron chi connectivity index (χ0n) is 15.3. The van der Waals surface area contributed by atoms with Crippen molar-refractivity contribution in [3.8, 4) is 11.6 Å². The van der Waals surface area contributed by atoms with Gasteiger partial charge in [-0.3, -0.25) is 4.79 Å². The molecule has 0 aliphatic heterocycles. The fourth-order valence-corrected chi connectivity index (χ4v) is 2.55. The molecule has 1 N–H and O–H groups in total. The van der Waals surface area contributed by atoms with Crippen LogP contribution in [0.15, 0.2) is 28.7 Å². The van der Waals surface area contributed by atoms with E-state index in [1.807, 2.05) is 38.1 Å². The van der Waals surface area contributed by atoms with E-state index in [4.69, 9.17) is 13.9 Å². The Kier molecular flexibility index (Phi) is 5.06. The number of methoxy groups -OCH3 is 1. The van der Waals surface area contributed by atoms with Gasteiger partial charge in [-0.05, 0) is 38.5 Å². The lowest BCUT2D eigenvalue weighted by Gasteiger charge is -2.09. The van der Waals surface area contributed by atoms with Gasteiger partial charge in [0.25, 0.3) is 5.91 Å². The number of fused-ring (bicyclic) bond motifs is 1. The van der Waals surface area contributed by atoms with E-state index in [2.05, 4.69) is 15.3 Å². The van der Waals surface area contributed by atoms with Crippen LogP contribution >= 0.6 is 0 Å². The van der Waals surface area contributed by atoms with Gasteiger partial charge in [0, 0.05) is 12.1 Å². The standard InChI is InChI=1S/C19H21N3O4/c1-11-12(2)26-19-17(11)18(21-13(3)22-19)25-10-16(23)20-9-14-5-7-15(24-4)8-6-14/h5-8H,9-10H2,1-4H3,(H,20,23). The third-order valence-corrected chi connectivity index (χ3v) is 4.10. The monoisotopic (exact) mass is 355 g/mol. The van der Waals surface area contributed by atoms with Crippen LogP contribution in [0.5, 0.6) is 11.6 Å². The smallest absolute Gasteiger partial charge is 0.258 e. The first-order valence-electron chi connectivity index (χ1n) is 8.24. The van der Waals surface area contributed by atoms with Crippen LogP contribution in [0, 0.1) is 20.8 Å². The number of hydrogen-bond donors (Lipinski definition) is 1. The summed E-state index contributed by atoms with van der Waals surface area (Å²) in [5.74, 6) is 2.19. The topological polar surface area (TPSA) is 86.5 Å². The summed E-state index contributed by atoms with van der Waals surface area (Å²) in [7, 11) is 1.61. The average Bonchev–Trinajstić information content (AvgIpc) is 2.92. The minimum Gasteiger partial charge on any atom is -0.497 e. The molecule has 7 nitrogen and oxygen atoms in total. The third-order valence-electron chi connectivity index (χ3n) is 4.10. The number of benzene rings is 1. The Morgan fingerprint density at radius 3 is 2.58 bits per heavy atom. The van der Waals surface area contributed by atoms with Gasteiger partial charge in [0.1, 0.15) is 22.7 Å². The molecule has 0 fully saturated rings. The van der Waals surface area contributed by atoms with E-state index in [9.17, 15) is 4.79 Å². The van der Waals surface area contributed by atoms with Gasteiger partial charge in [-0.15, -0.1) is 0 Å². The van der Waals surface area contributed by atoms with Crippen LogP contribution in [0.25, 0.3) is 11.1 Å². The Balaban J connectivity index is 1.63. The number of carbonyl (C=O) groups is 1. The number of rotatable bonds is 6. The second-order valence-corrected chi connectivity index (χ2v) is 5.95. The zero-order chi connectivity index (χ0) is 18.7. The Labute approximate surface area is 151 Å². The highest BCUT2D eigenvalue weighted by atomic mass is 16.5. The van der Waals surface area contributed by atoms with Crippen molar-refractivity contribution in [1.82, 2.24) is 15.3 Å². The molecule has 1 aromatic carbocycles. The molecule has 2 aromatic heterocycles. The average molecular weight is 355 g/mol. The van der Waals surface area contributed by atoms with Crippen LogP contribution in [-0.2, 0) is 11.3 Å². The number of aryl methyl sites for hydroxylation is 3. The van der Waals surface area contributed by atoms with E-state index >= 15 is 0 Å². The fourth-order valence-electron chi connectivity index (χ4n) is 2.55. The van der Waals surface area contributed by atoms with E-state index in [0.29, 0.717) is 29.3 Å². The van der Waals surface area contributed by atoms with E-state index in [1.54, 1.807) is 14.0 Å². The quantitative estimate of drug-likeness (QED) is 0.732.